The van der Waals surface area contributed by atoms with Crippen LogP contribution in [0, 0.1) is 0 Å². The van der Waals surface area contributed by atoms with Crippen LogP contribution in [0.4, 0.5) is 11.4 Å². The average molecular weight is 364 g/mol. The number of aromatic nitrogens is 1. The summed E-state index contributed by atoms with van der Waals surface area (Å²) >= 11 is 0. The van der Waals surface area contributed by atoms with E-state index in [1.807, 2.05) is 30.5 Å². The SMILES string of the molecule is CC(=O)N(C(=O)C(=O)NCCc1c[nH]c2ccccc12)c1cccc(N)c1. The van der Waals surface area contributed by atoms with Gasteiger partial charge in [-0.25, -0.2) is 4.90 Å². The van der Waals surface area contributed by atoms with Gasteiger partial charge in [-0.1, -0.05) is 24.3 Å². The number of para-hydroxylation sites is 1. The number of nitrogens with zero attached hydrogens (tertiary/aromatic N) is 1. The first-order chi connectivity index (χ1) is 13.0. The van der Waals surface area contributed by atoms with Crippen molar-refractivity contribution in [3.8, 4) is 0 Å². The number of amides is 3. The van der Waals surface area contributed by atoms with E-state index in [1.54, 1.807) is 18.2 Å². The molecule has 0 fully saturated rings. The second-order valence-corrected chi connectivity index (χ2v) is 6.12. The van der Waals surface area contributed by atoms with Gasteiger partial charge in [0.05, 0.1) is 5.69 Å². The highest BCUT2D eigenvalue weighted by Crippen LogP contribution is 2.19. The van der Waals surface area contributed by atoms with Gasteiger partial charge in [-0.05, 0) is 36.2 Å². The topological polar surface area (TPSA) is 108 Å². The maximum Gasteiger partial charge on any atom is 0.323 e. The van der Waals surface area contributed by atoms with Crippen molar-refractivity contribution in [2.24, 2.45) is 0 Å². The summed E-state index contributed by atoms with van der Waals surface area (Å²) in [7, 11) is 0. The first-order valence-corrected chi connectivity index (χ1v) is 8.51. The van der Waals surface area contributed by atoms with Gasteiger partial charge >= 0.3 is 11.8 Å². The molecular formula is C20H20N4O3. The summed E-state index contributed by atoms with van der Waals surface area (Å²) in [4.78, 5) is 40.6. The van der Waals surface area contributed by atoms with Crippen LogP contribution in [0.2, 0.25) is 0 Å². The molecule has 0 atom stereocenters. The molecule has 0 bridgehead atoms. The standard InChI is InChI=1S/C20H20N4O3/c1-13(25)24(16-6-4-5-15(21)11-16)20(27)19(26)22-10-9-14-12-23-18-8-3-2-7-17(14)18/h2-8,11-12,23H,9-10,21H2,1H3,(H,22,26). The molecule has 27 heavy (non-hydrogen) atoms. The Kier molecular flexibility index (Phi) is 5.21. The van der Waals surface area contributed by atoms with Gasteiger partial charge in [0.2, 0.25) is 5.91 Å². The zero-order valence-electron chi connectivity index (χ0n) is 14.9. The molecule has 2 aromatic carbocycles. The summed E-state index contributed by atoms with van der Waals surface area (Å²) < 4.78 is 0. The highest BCUT2D eigenvalue weighted by atomic mass is 16.2. The van der Waals surface area contributed by atoms with E-state index >= 15 is 0 Å². The van der Waals surface area contributed by atoms with E-state index in [0.29, 0.717) is 12.1 Å². The summed E-state index contributed by atoms with van der Waals surface area (Å²) in [5, 5.41) is 3.65. The van der Waals surface area contributed by atoms with Gasteiger partial charge < -0.3 is 16.0 Å². The lowest BCUT2D eigenvalue weighted by atomic mass is 10.1. The fraction of sp³-hybridized carbons (Fsp3) is 0.150. The number of carbonyl (C=O) groups excluding carboxylic acids is 3. The van der Waals surface area contributed by atoms with E-state index in [9.17, 15) is 14.4 Å². The van der Waals surface area contributed by atoms with Gasteiger partial charge in [-0.3, -0.25) is 14.4 Å². The molecule has 0 aliphatic rings. The second-order valence-electron chi connectivity index (χ2n) is 6.12. The van der Waals surface area contributed by atoms with Crippen LogP contribution in [0.15, 0.2) is 54.7 Å². The lowest BCUT2D eigenvalue weighted by molar-refractivity contribution is -0.139. The summed E-state index contributed by atoms with van der Waals surface area (Å²) in [6.45, 7) is 1.50. The van der Waals surface area contributed by atoms with E-state index < -0.39 is 17.7 Å². The van der Waals surface area contributed by atoms with Crippen molar-refractivity contribution in [2.45, 2.75) is 13.3 Å². The predicted octanol–water partition coefficient (Wildman–Crippen LogP) is 1.99. The van der Waals surface area contributed by atoms with Crippen molar-refractivity contribution < 1.29 is 14.4 Å². The largest absolute Gasteiger partial charge is 0.399 e. The molecule has 0 saturated heterocycles. The van der Waals surface area contributed by atoms with E-state index in [0.717, 1.165) is 21.4 Å². The molecule has 3 rings (SSSR count). The summed E-state index contributed by atoms with van der Waals surface area (Å²) in [5.41, 5.74) is 8.41. The molecule has 1 aromatic heterocycles. The quantitative estimate of drug-likeness (QED) is 0.486. The number of carbonyl (C=O) groups is 3. The molecule has 7 heteroatoms. The molecule has 138 valence electrons. The highest BCUT2D eigenvalue weighted by molar-refractivity contribution is 6.45. The number of hydrogen-bond acceptors (Lipinski definition) is 4. The van der Waals surface area contributed by atoms with Crippen LogP contribution in [0.5, 0.6) is 0 Å². The number of rotatable bonds is 4. The van der Waals surface area contributed by atoms with E-state index in [1.165, 1.54) is 13.0 Å². The predicted molar refractivity (Wildman–Crippen MR) is 104 cm³/mol. The molecule has 0 unspecified atom stereocenters. The fourth-order valence-corrected chi connectivity index (χ4v) is 2.93. The first-order valence-electron chi connectivity index (χ1n) is 8.51. The van der Waals surface area contributed by atoms with Crippen molar-refractivity contribution in [1.82, 2.24) is 10.3 Å². The van der Waals surface area contributed by atoms with Gasteiger partial charge in [0.15, 0.2) is 0 Å². The van der Waals surface area contributed by atoms with E-state index in [4.69, 9.17) is 5.73 Å². The molecular weight excluding hydrogens is 344 g/mol. The molecule has 0 saturated carbocycles. The molecule has 7 nitrogen and oxygen atoms in total. The Bertz CT molecular complexity index is 1010. The van der Waals surface area contributed by atoms with E-state index in [2.05, 4.69) is 10.3 Å². The number of imide groups is 1. The number of fused-ring (bicyclic) bond motifs is 1. The molecule has 3 aromatic rings. The molecule has 1 heterocycles. The normalized spacial score (nSPS) is 10.6. The number of nitrogen functional groups attached to an aromatic ring is 1. The number of nitrogens with one attached hydrogen (secondary N) is 2. The van der Waals surface area contributed by atoms with Crippen molar-refractivity contribution >= 4 is 40.0 Å². The van der Waals surface area contributed by atoms with Crippen molar-refractivity contribution in [3.05, 3.63) is 60.3 Å². The molecule has 3 amide bonds. The van der Waals surface area contributed by atoms with Crippen molar-refractivity contribution in [2.75, 3.05) is 17.2 Å². The molecule has 0 aliphatic carbocycles. The number of aromatic amines is 1. The van der Waals surface area contributed by atoms with E-state index in [-0.39, 0.29) is 12.2 Å². The highest BCUT2D eigenvalue weighted by Gasteiger charge is 2.26. The minimum absolute atomic E-state index is 0.263. The maximum atomic E-state index is 12.4. The Morgan fingerprint density at radius 3 is 2.63 bits per heavy atom. The number of H-pyrrole nitrogens is 1. The number of nitrogens with two attached hydrogens (primary N) is 1. The zero-order chi connectivity index (χ0) is 19.4. The number of hydrogen-bond donors (Lipinski definition) is 3. The van der Waals surface area contributed by atoms with Crippen LogP contribution in [-0.4, -0.2) is 29.3 Å². The summed E-state index contributed by atoms with van der Waals surface area (Å²) in [5.74, 6) is -2.34. The third kappa shape index (κ3) is 3.98. The molecule has 0 radical (unpaired) electrons. The lowest BCUT2D eigenvalue weighted by Gasteiger charge is -2.19. The van der Waals surface area contributed by atoms with Gasteiger partial charge in [0, 0.05) is 36.3 Å². The number of anilines is 2. The summed E-state index contributed by atoms with van der Waals surface area (Å²) in [6.07, 6.45) is 2.44. The zero-order valence-corrected chi connectivity index (χ0v) is 14.9. The minimum atomic E-state index is -0.938. The Balaban J connectivity index is 1.65. The maximum absolute atomic E-state index is 12.4. The van der Waals surface area contributed by atoms with Gasteiger partial charge in [-0.15, -0.1) is 0 Å². The fourth-order valence-electron chi connectivity index (χ4n) is 2.93. The van der Waals surface area contributed by atoms with Crippen LogP contribution in [0.25, 0.3) is 10.9 Å². The third-order valence-electron chi connectivity index (χ3n) is 4.20. The van der Waals surface area contributed by atoms with Crippen LogP contribution in [0.3, 0.4) is 0 Å². The first kappa shape index (κ1) is 18.2. The average Bonchev–Trinajstić information content (AvgIpc) is 3.05. The minimum Gasteiger partial charge on any atom is -0.399 e. The molecule has 0 spiro atoms. The number of benzene rings is 2. The Hall–Kier alpha value is -3.61. The Labute approximate surface area is 156 Å². The Morgan fingerprint density at radius 2 is 1.89 bits per heavy atom. The monoisotopic (exact) mass is 364 g/mol. The lowest BCUT2D eigenvalue weighted by Crippen LogP contribution is -2.46. The van der Waals surface area contributed by atoms with Crippen LogP contribution in [-0.2, 0) is 20.8 Å². The molecule has 0 aliphatic heterocycles. The van der Waals surface area contributed by atoms with Crippen LogP contribution in [0.1, 0.15) is 12.5 Å². The molecule has 4 N–H and O–H groups in total. The van der Waals surface area contributed by atoms with Crippen molar-refractivity contribution in [1.29, 1.82) is 0 Å². The Morgan fingerprint density at radius 1 is 1.11 bits per heavy atom. The summed E-state index contributed by atoms with van der Waals surface area (Å²) in [6, 6.07) is 14.1. The second kappa shape index (κ2) is 7.74. The van der Waals surface area contributed by atoms with Crippen molar-refractivity contribution in [3.63, 3.8) is 0 Å². The van der Waals surface area contributed by atoms with Crippen LogP contribution < -0.4 is 16.0 Å². The van der Waals surface area contributed by atoms with Gasteiger partial charge in [0.25, 0.3) is 0 Å². The van der Waals surface area contributed by atoms with Gasteiger partial charge in [-0.2, -0.15) is 0 Å². The van der Waals surface area contributed by atoms with Gasteiger partial charge in [0.1, 0.15) is 0 Å². The smallest absolute Gasteiger partial charge is 0.323 e. The van der Waals surface area contributed by atoms with Crippen LogP contribution >= 0.6 is 0 Å². The third-order valence-corrected chi connectivity index (χ3v) is 4.20.